The van der Waals surface area contributed by atoms with Gasteiger partial charge in [-0.2, -0.15) is 0 Å². The molecule has 26 heavy (non-hydrogen) atoms. The third-order valence-corrected chi connectivity index (χ3v) is 10.2. The second-order valence-electron chi connectivity index (χ2n) is 9.21. The Morgan fingerprint density at radius 1 is 1.12 bits per heavy atom. The van der Waals surface area contributed by atoms with Gasteiger partial charge in [0.15, 0.2) is 20.4 Å². The third kappa shape index (κ3) is 4.67. The maximum absolute atomic E-state index is 10.4. The fourth-order valence-corrected chi connectivity index (χ4v) is 4.21. The summed E-state index contributed by atoms with van der Waals surface area (Å²) in [6.45, 7) is 15.6. The van der Waals surface area contributed by atoms with Crippen LogP contribution in [0.2, 0.25) is 18.1 Å². The molecule has 0 aromatic rings. The maximum Gasteiger partial charge on any atom is 0.191 e. The van der Waals surface area contributed by atoms with Crippen molar-refractivity contribution in [2.75, 3.05) is 27.1 Å². The van der Waals surface area contributed by atoms with E-state index in [0.29, 0.717) is 13.0 Å². The molecule has 2 heterocycles. The number of methoxy groups -OCH3 is 1. The molecule has 2 rings (SSSR count). The second-order valence-corrected chi connectivity index (χ2v) is 14.0. The Balaban J connectivity index is 2.11. The van der Waals surface area contributed by atoms with E-state index in [2.05, 4.69) is 33.9 Å². The molecular formula is C18H36O7Si. The van der Waals surface area contributed by atoms with Gasteiger partial charge in [0.05, 0.1) is 6.61 Å². The molecule has 0 aromatic heterocycles. The molecule has 2 aliphatic heterocycles. The lowest BCUT2D eigenvalue weighted by molar-refractivity contribution is -0.258. The smallest absolute Gasteiger partial charge is 0.191 e. The summed E-state index contributed by atoms with van der Waals surface area (Å²) < 4.78 is 34.7. The van der Waals surface area contributed by atoms with Crippen LogP contribution >= 0.6 is 0 Å². The highest BCUT2D eigenvalue weighted by Crippen LogP contribution is 2.45. The lowest BCUT2D eigenvalue weighted by Gasteiger charge is -2.38. The molecule has 8 heteroatoms. The van der Waals surface area contributed by atoms with Crippen molar-refractivity contribution in [2.24, 2.45) is 0 Å². The number of aliphatic hydroxyl groups excluding tert-OH is 1. The molecule has 0 aliphatic carbocycles. The van der Waals surface area contributed by atoms with Crippen molar-refractivity contribution in [3.8, 4) is 0 Å². The van der Waals surface area contributed by atoms with E-state index in [1.54, 1.807) is 7.11 Å². The van der Waals surface area contributed by atoms with E-state index in [1.807, 2.05) is 13.8 Å². The van der Waals surface area contributed by atoms with Gasteiger partial charge in [-0.3, -0.25) is 0 Å². The molecular weight excluding hydrogens is 356 g/mol. The molecule has 0 spiro atoms. The average Bonchev–Trinajstić information content (AvgIpc) is 2.92. The van der Waals surface area contributed by atoms with Gasteiger partial charge in [0, 0.05) is 20.1 Å². The molecule has 0 radical (unpaired) electrons. The largest absolute Gasteiger partial charge is 0.417 e. The zero-order valence-electron chi connectivity index (χ0n) is 17.5. The summed E-state index contributed by atoms with van der Waals surface area (Å²) in [6, 6.07) is 0. The predicted molar refractivity (Wildman–Crippen MR) is 99.2 cm³/mol. The lowest BCUT2D eigenvalue weighted by atomic mass is 9.93. The molecule has 0 amide bonds. The quantitative estimate of drug-likeness (QED) is 0.387. The van der Waals surface area contributed by atoms with Crippen LogP contribution < -0.4 is 0 Å². The van der Waals surface area contributed by atoms with Gasteiger partial charge in [0.2, 0.25) is 0 Å². The van der Waals surface area contributed by atoms with Gasteiger partial charge in [0.1, 0.15) is 24.6 Å². The van der Waals surface area contributed by atoms with E-state index < -0.39 is 38.2 Å². The van der Waals surface area contributed by atoms with Crippen LogP contribution in [0.5, 0.6) is 0 Å². The van der Waals surface area contributed by atoms with Crippen LogP contribution in [0.4, 0.5) is 0 Å². The van der Waals surface area contributed by atoms with Crippen LogP contribution in [-0.4, -0.2) is 70.4 Å². The van der Waals surface area contributed by atoms with E-state index in [9.17, 15) is 5.11 Å². The highest BCUT2D eigenvalue weighted by atomic mass is 28.4. The Labute approximate surface area is 158 Å². The van der Waals surface area contributed by atoms with Crippen molar-refractivity contribution in [1.29, 1.82) is 0 Å². The molecule has 0 aromatic carbocycles. The summed E-state index contributed by atoms with van der Waals surface area (Å²) in [7, 11) is -0.314. The number of ether oxygens (including phenoxy) is 5. The first-order chi connectivity index (χ1) is 11.8. The zero-order valence-corrected chi connectivity index (χ0v) is 18.5. The number of hydrogen-bond acceptors (Lipinski definition) is 7. The van der Waals surface area contributed by atoms with Gasteiger partial charge in [-0.1, -0.05) is 20.8 Å². The Bertz CT molecular complexity index is 477. The summed E-state index contributed by atoms with van der Waals surface area (Å²) in [5, 5.41) is 10.5. The van der Waals surface area contributed by atoms with Crippen LogP contribution in [0.15, 0.2) is 0 Å². The van der Waals surface area contributed by atoms with Gasteiger partial charge >= 0.3 is 0 Å². The molecule has 2 fully saturated rings. The van der Waals surface area contributed by atoms with Crippen LogP contribution in [0, 0.1) is 0 Å². The van der Waals surface area contributed by atoms with E-state index in [1.165, 1.54) is 0 Å². The fraction of sp³-hybridized carbons (Fsp3) is 1.00. The van der Waals surface area contributed by atoms with E-state index in [-0.39, 0.29) is 18.4 Å². The monoisotopic (exact) mass is 392 g/mol. The number of aliphatic hydroxyl groups is 1. The molecule has 0 bridgehead atoms. The summed E-state index contributed by atoms with van der Waals surface area (Å²) >= 11 is 0. The predicted octanol–water partition coefficient (Wildman–Crippen LogP) is 2.63. The van der Waals surface area contributed by atoms with Crippen LogP contribution in [0.1, 0.15) is 41.0 Å². The van der Waals surface area contributed by atoms with E-state index in [4.69, 9.17) is 28.1 Å². The first-order valence-electron chi connectivity index (χ1n) is 9.26. The Hall–Kier alpha value is -0.0631. The SMILES string of the molecule is COCOC[C@@]1(CCO[Si](C)(C)C(C)(C)C)O[C@H](O)[C@H]2OC(C)(C)O[C@H]21. The first kappa shape index (κ1) is 22.2. The summed E-state index contributed by atoms with van der Waals surface area (Å²) in [4.78, 5) is 0. The summed E-state index contributed by atoms with van der Waals surface area (Å²) in [5.74, 6) is -0.771. The molecule has 2 saturated heterocycles. The van der Waals surface area contributed by atoms with Gasteiger partial charge in [-0.05, 0) is 32.0 Å². The van der Waals surface area contributed by atoms with Gasteiger partial charge in [0.25, 0.3) is 0 Å². The standard InChI is InChI=1S/C18H36O7Si/c1-16(2,3)26(7,8)22-10-9-18(11-21-12-20-6)14-13(15(19)25-18)23-17(4,5)24-14/h13-15,19H,9-12H2,1-8H3/t13-,14+,15-,18+/m0/s1. The minimum atomic E-state index is -1.88. The van der Waals surface area contributed by atoms with Gasteiger partial charge < -0.3 is 33.2 Å². The second kappa shape index (κ2) is 7.75. The molecule has 0 saturated carbocycles. The van der Waals surface area contributed by atoms with E-state index >= 15 is 0 Å². The van der Waals surface area contributed by atoms with E-state index in [0.717, 1.165) is 0 Å². The minimum absolute atomic E-state index is 0.125. The Kier molecular flexibility index (Phi) is 6.63. The third-order valence-electron chi connectivity index (χ3n) is 5.63. The fourth-order valence-electron chi connectivity index (χ4n) is 3.16. The highest BCUT2D eigenvalue weighted by molar-refractivity contribution is 6.74. The summed E-state index contributed by atoms with van der Waals surface area (Å²) in [6.07, 6.45) is -1.47. The average molecular weight is 393 g/mol. The molecule has 0 unspecified atom stereocenters. The number of hydrogen-bond donors (Lipinski definition) is 1. The summed E-state index contributed by atoms with van der Waals surface area (Å²) in [5.41, 5.74) is -0.835. The molecule has 154 valence electrons. The van der Waals surface area contributed by atoms with Crippen molar-refractivity contribution in [3.05, 3.63) is 0 Å². The zero-order chi connectivity index (χ0) is 19.8. The van der Waals surface area contributed by atoms with Gasteiger partial charge in [-0.25, -0.2) is 0 Å². The lowest BCUT2D eigenvalue weighted by Crippen LogP contribution is -2.49. The van der Waals surface area contributed by atoms with Gasteiger partial charge in [-0.15, -0.1) is 0 Å². The van der Waals surface area contributed by atoms with Crippen LogP contribution in [0.25, 0.3) is 0 Å². The molecule has 2 aliphatic rings. The van der Waals surface area contributed by atoms with Crippen LogP contribution in [-0.2, 0) is 28.1 Å². The molecule has 7 nitrogen and oxygen atoms in total. The van der Waals surface area contributed by atoms with Crippen molar-refractivity contribution < 1.29 is 33.2 Å². The van der Waals surface area contributed by atoms with Crippen molar-refractivity contribution in [1.82, 2.24) is 0 Å². The number of rotatable bonds is 8. The van der Waals surface area contributed by atoms with Crippen LogP contribution in [0.3, 0.4) is 0 Å². The molecule has 4 atom stereocenters. The van der Waals surface area contributed by atoms with Crippen molar-refractivity contribution in [3.63, 3.8) is 0 Å². The first-order valence-corrected chi connectivity index (χ1v) is 12.2. The maximum atomic E-state index is 10.4. The van der Waals surface area contributed by atoms with Crippen molar-refractivity contribution in [2.45, 2.75) is 89.1 Å². The Morgan fingerprint density at radius 2 is 1.77 bits per heavy atom. The minimum Gasteiger partial charge on any atom is -0.417 e. The Morgan fingerprint density at radius 3 is 2.35 bits per heavy atom. The number of fused-ring (bicyclic) bond motifs is 1. The molecule has 1 N–H and O–H groups in total. The normalized spacial score (nSPS) is 34.3. The topological polar surface area (TPSA) is 75.6 Å². The van der Waals surface area contributed by atoms with Crippen molar-refractivity contribution >= 4 is 8.32 Å². The highest BCUT2D eigenvalue weighted by Gasteiger charge is 2.62.